The Balaban J connectivity index is 1.59. The Morgan fingerprint density at radius 3 is 2.72 bits per heavy atom. The number of likely N-dealkylation sites (tertiary alicyclic amines) is 1. The van der Waals surface area contributed by atoms with Gasteiger partial charge in [-0.15, -0.1) is 0 Å². The van der Waals surface area contributed by atoms with Crippen molar-refractivity contribution in [3.8, 4) is 0 Å². The number of ether oxygens (including phenoxy) is 1. The topological polar surface area (TPSA) is 65.0 Å². The first-order valence-corrected chi connectivity index (χ1v) is 9.60. The van der Waals surface area contributed by atoms with Crippen LogP contribution in [0.1, 0.15) is 25.3 Å². The van der Waals surface area contributed by atoms with Gasteiger partial charge in [-0.2, -0.15) is 0 Å². The minimum absolute atomic E-state index is 0.0588. The largest absolute Gasteiger partial charge is 0.394 e. The number of hydrogen-bond donors (Lipinski definition) is 3. The Morgan fingerprint density at radius 1 is 1.28 bits per heavy atom. The minimum atomic E-state index is -0.642. The molecule has 0 aromatic heterocycles. The van der Waals surface area contributed by atoms with Gasteiger partial charge in [0.25, 0.3) is 0 Å². The molecule has 0 aliphatic carbocycles. The molecule has 6 heteroatoms. The molecular formula is C19H29ClN2O3. The van der Waals surface area contributed by atoms with E-state index in [2.05, 4.69) is 17.1 Å². The summed E-state index contributed by atoms with van der Waals surface area (Å²) < 4.78 is 5.95. The normalized spacial score (nSPS) is 31.5. The molecule has 5 nitrogen and oxygen atoms in total. The maximum absolute atomic E-state index is 10.6. The van der Waals surface area contributed by atoms with Crippen LogP contribution < -0.4 is 5.32 Å². The van der Waals surface area contributed by atoms with Crippen LogP contribution in [-0.4, -0.2) is 65.7 Å². The van der Waals surface area contributed by atoms with Crippen molar-refractivity contribution in [2.24, 2.45) is 5.92 Å². The molecule has 140 valence electrons. The van der Waals surface area contributed by atoms with Crippen molar-refractivity contribution < 1.29 is 14.9 Å². The zero-order chi connectivity index (χ0) is 17.8. The Morgan fingerprint density at radius 2 is 2.04 bits per heavy atom. The van der Waals surface area contributed by atoms with E-state index >= 15 is 0 Å². The molecule has 0 unspecified atom stereocenters. The molecule has 0 amide bonds. The quantitative estimate of drug-likeness (QED) is 0.712. The minimum Gasteiger partial charge on any atom is -0.394 e. The maximum Gasteiger partial charge on any atom is 0.109 e. The summed E-state index contributed by atoms with van der Waals surface area (Å²) in [5.41, 5.74) is 1.12. The monoisotopic (exact) mass is 368 g/mol. The molecule has 2 saturated heterocycles. The van der Waals surface area contributed by atoms with E-state index in [1.807, 2.05) is 24.3 Å². The maximum atomic E-state index is 10.6. The summed E-state index contributed by atoms with van der Waals surface area (Å²) in [7, 11) is 0. The van der Waals surface area contributed by atoms with Crippen LogP contribution in [0.2, 0.25) is 5.02 Å². The molecule has 1 aromatic rings. The fraction of sp³-hybridized carbons (Fsp3) is 0.684. The van der Waals surface area contributed by atoms with E-state index < -0.39 is 12.2 Å². The van der Waals surface area contributed by atoms with Gasteiger partial charge in [-0.1, -0.05) is 30.7 Å². The van der Waals surface area contributed by atoms with Crippen molar-refractivity contribution >= 4 is 11.6 Å². The molecule has 2 aliphatic heterocycles. The van der Waals surface area contributed by atoms with Crippen LogP contribution in [0.25, 0.3) is 0 Å². The van der Waals surface area contributed by atoms with Gasteiger partial charge < -0.3 is 20.3 Å². The second-order valence-corrected chi connectivity index (χ2v) is 7.79. The van der Waals surface area contributed by atoms with Gasteiger partial charge in [-0.25, -0.2) is 0 Å². The van der Waals surface area contributed by atoms with Crippen molar-refractivity contribution in [3.05, 3.63) is 34.9 Å². The number of piperidine rings is 1. The lowest BCUT2D eigenvalue weighted by Gasteiger charge is -2.38. The number of aliphatic hydroxyl groups is 2. The van der Waals surface area contributed by atoms with E-state index in [0.717, 1.165) is 42.4 Å². The average Bonchev–Trinajstić information content (AvgIpc) is 2.92. The van der Waals surface area contributed by atoms with Gasteiger partial charge in [-0.05, 0) is 49.5 Å². The summed E-state index contributed by atoms with van der Waals surface area (Å²) in [6.45, 7) is 5.43. The van der Waals surface area contributed by atoms with Gasteiger partial charge in [0.15, 0.2) is 0 Å². The Bertz CT molecular complexity index is 551. The molecule has 0 saturated carbocycles. The molecule has 2 aliphatic rings. The molecule has 3 rings (SSSR count). The highest BCUT2D eigenvalue weighted by molar-refractivity contribution is 6.30. The van der Waals surface area contributed by atoms with Crippen LogP contribution in [0.5, 0.6) is 0 Å². The lowest BCUT2D eigenvalue weighted by Crippen LogP contribution is -2.53. The average molecular weight is 369 g/mol. The molecule has 25 heavy (non-hydrogen) atoms. The second-order valence-electron chi connectivity index (χ2n) is 7.36. The molecular weight excluding hydrogens is 340 g/mol. The zero-order valence-electron chi connectivity index (χ0n) is 14.8. The summed E-state index contributed by atoms with van der Waals surface area (Å²) in [4.78, 5) is 2.34. The standard InChI is InChI=1S/C19H29ClN2O3/c1-13-5-7-22(8-6-13)18-16(25-17(12-23)19(18)24)11-21-10-14-3-2-4-15(20)9-14/h2-4,9,13,16-19,21,23-24H,5-8,10-12H2,1H3/t16-,17+,18-,19-/m1/s1. The number of hydrogen-bond acceptors (Lipinski definition) is 5. The number of nitrogens with one attached hydrogen (secondary N) is 1. The van der Waals surface area contributed by atoms with Crippen LogP contribution in [0, 0.1) is 5.92 Å². The molecule has 2 fully saturated rings. The summed E-state index contributed by atoms with van der Waals surface area (Å²) in [6, 6.07) is 7.72. The van der Waals surface area contributed by atoms with Gasteiger partial charge in [0.1, 0.15) is 12.2 Å². The van der Waals surface area contributed by atoms with Gasteiger partial charge >= 0.3 is 0 Å². The van der Waals surface area contributed by atoms with Crippen LogP contribution in [0.15, 0.2) is 24.3 Å². The predicted molar refractivity (Wildman–Crippen MR) is 98.7 cm³/mol. The smallest absolute Gasteiger partial charge is 0.109 e. The summed E-state index contributed by atoms with van der Waals surface area (Å²) in [6.07, 6.45) is 1.03. The van der Waals surface area contributed by atoms with Crippen molar-refractivity contribution in [1.82, 2.24) is 10.2 Å². The lowest BCUT2D eigenvalue weighted by molar-refractivity contribution is -0.0213. The lowest BCUT2D eigenvalue weighted by atomic mass is 9.94. The number of rotatable bonds is 6. The van der Waals surface area contributed by atoms with Crippen molar-refractivity contribution in [3.63, 3.8) is 0 Å². The Labute approximate surface area is 154 Å². The van der Waals surface area contributed by atoms with Gasteiger partial charge in [0.2, 0.25) is 0 Å². The number of benzene rings is 1. The van der Waals surface area contributed by atoms with Crippen LogP contribution in [-0.2, 0) is 11.3 Å². The first-order valence-electron chi connectivity index (χ1n) is 9.22. The summed E-state index contributed by atoms with van der Waals surface area (Å²) >= 11 is 6.02. The third-order valence-corrected chi connectivity index (χ3v) is 5.68. The van der Waals surface area contributed by atoms with E-state index in [1.54, 1.807) is 0 Å². The molecule has 1 aromatic carbocycles. The number of aliphatic hydroxyl groups excluding tert-OH is 2. The van der Waals surface area contributed by atoms with E-state index in [4.69, 9.17) is 16.3 Å². The molecule has 0 bridgehead atoms. The van der Waals surface area contributed by atoms with Crippen LogP contribution in [0.3, 0.4) is 0 Å². The summed E-state index contributed by atoms with van der Waals surface area (Å²) in [5, 5.41) is 24.3. The molecule has 0 spiro atoms. The highest BCUT2D eigenvalue weighted by Crippen LogP contribution is 2.29. The van der Waals surface area contributed by atoms with E-state index in [-0.39, 0.29) is 18.8 Å². The fourth-order valence-corrected chi connectivity index (χ4v) is 4.14. The SMILES string of the molecule is CC1CCN([C@H]2[C@H](O)[C@H](CO)O[C@@H]2CNCc2cccc(Cl)c2)CC1. The highest BCUT2D eigenvalue weighted by Gasteiger charge is 2.46. The Kier molecular flexibility index (Phi) is 6.72. The first-order chi connectivity index (χ1) is 12.1. The van der Waals surface area contributed by atoms with Gasteiger partial charge in [0.05, 0.1) is 18.8 Å². The van der Waals surface area contributed by atoms with Crippen LogP contribution in [0.4, 0.5) is 0 Å². The van der Waals surface area contributed by atoms with Crippen molar-refractivity contribution in [1.29, 1.82) is 0 Å². The molecule has 4 atom stereocenters. The van der Waals surface area contributed by atoms with Gasteiger partial charge in [0, 0.05) is 18.1 Å². The predicted octanol–water partition coefficient (Wildman–Crippen LogP) is 1.65. The zero-order valence-corrected chi connectivity index (χ0v) is 15.5. The molecule has 0 radical (unpaired) electrons. The van der Waals surface area contributed by atoms with Crippen LogP contribution >= 0.6 is 11.6 Å². The van der Waals surface area contributed by atoms with E-state index in [9.17, 15) is 10.2 Å². The fourth-order valence-electron chi connectivity index (χ4n) is 3.93. The molecule has 2 heterocycles. The second kappa shape index (κ2) is 8.80. The third-order valence-electron chi connectivity index (χ3n) is 5.44. The number of halogens is 1. The number of nitrogens with zero attached hydrogens (tertiary/aromatic N) is 1. The Hall–Kier alpha value is -0.690. The third kappa shape index (κ3) is 4.73. The van der Waals surface area contributed by atoms with E-state index in [0.29, 0.717) is 13.1 Å². The highest BCUT2D eigenvalue weighted by atomic mass is 35.5. The van der Waals surface area contributed by atoms with Gasteiger partial charge in [-0.3, -0.25) is 4.90 Å². The molecule has 3 N–H and O–H groups in total. The van der Waals surface area contributed by atoms with Crippen molar-refractivity contribution in [2.75, 3.05) is 26.2 Å². The van der Waals surface area contributed by atoms with E-state index in [1.165, 1.54) is 0 Å². The summed E-state index contributed by atoms with van der Waals surface area (Å²) in [5.74, 6) is 0.740. The van der Waals surface area contributed by atoms with Crippen molar-refractivity contribution in [2.45, 2.75) is 50.7 Å². The first kappa shape index (κ1) is 19.1.